The van der Waals surface area contributed by atoms with E-state index in [1.165, 1.54) is 76.8 Å². The third kappa shape index (κ3) is 3.89. The molecule has 0 bridgehead atoms. The van der Waals surface area contributed by atoms with Gasteiger partial charge in [-0.2, -0.15) is 0 Å². The average Bonchev–Trinajstić information content (AvgIpc) is 3.32. The topological polar surface area (TPSA) is 25.8 Å². The minimum atomic E-state index is -0.0787. The van der Waals surface area contributed by atoms with Crippen molar-refractivity contribution in [3.05, 3.63) is 157 Å². The normalized spacial score (nSPS) is 13.3. The molecule has 1 aliphatic carbocycles. The fourth-order valence-corrected chi connectivity index (χ4v) is 7.61. The van der Waals surface area contributed by atoms with E-state index >= 15 is 0 Å². The van der Waals surface area contributed by atoms with Crippen molar-refractivity contribution in [2.75, 3.05) is 0 Å². The molecule has 1 aliphatic rings. The largest absolute Gasteiger partial charge is 0.245 e. The summed E-state index contributed by atoms with van der Waals surface area (Å²) in [5, 5.41) is 7.33. The van der Waals surface area contributed by atoms with Crippen molar-refractivity contribution in [2.45, 2.75) is 19.3 Å². The maximum Gasteiger partial charge on any atom is 0.116 e. The van der Waals surface area contributed by atoms with Crippen molar-refractivity contribution >= 4 is 32.3 Å². The smallest absolute Gasteiger partial charge is 0.116 e. The van der Waals surface area contributed by atoms with Gasteiger partial charge in [-0.1, -0.05) is 123 Å². The highest BCUT2D eigenvalue weighted by Gasteiger charge is 2.35. The number of fused-ring (bicyclic) bond motifs is 6. The van der Waals surface area contributed by atoms with Crippen molar-refractivity contribution in [1.29, 1.82) is 0 Å². The molecule has 0 amide bonds. The van der Waals surface area contributed by atoms with Gasteiger partial charge in [-0.05, 0) is 101 Å². The molecule has 2 nitrogen and oxygen atoms in total. The van der Waals surface area contributed by atoms with Gasteiger partial charge in [-0.15, -0.1) is 0 Å². The summed E-state index contributed by atoms with van der Waals surface area (Å²) in [6, 6.07) is 49.1. The van der Waals surface area contributed by atoms with Crippen LogP contribution in [-0.4, -0.2) is 9.97 Å². The van der Waals surface area contributed by atoms with Gasteiger partial charge in [0.05, 0.1) is 5.69 Å². The maximum atomic E-state index is 4.74. The van der Waals surface area contributed by atoms with E-state index in [-0.39, 0.29) is 5.41 Å². The Hall–Kier alpha value is -5.60. The van der Waals surface area contributed by atoms with E-state index in [1.54, 1.807) is 6.33 Å². The molecule has 0 N–H and O–H groups in total. The second-order valence-corrected chi connectivity index (χ2v) is 12.6. The van der Waals surface area contributed by atoms with Gasteiger partial charge < -0.3 is 0 Å². The van der Waals surface area contributed by atoms with Crippen LogP contribution < -0.4 is 0 Å². The van der Waals surface area contributed by atoms with E-state index in [9.17, 15) is 0 Å². The van der Waals surface area contributed by atoms with Crippen LogP contribution in [0.4, 0.5) is 0 Å². The summed E-state index contributed by atoms with van der Waals surface area (Å²) >= 11 is 0. The van der Waals surface area contributed by atoms with Crippen LogP contribution in [0.2, 0.25) is 0 Å². The molecule has 9 rings (SSSR count). The first-order chi connectivity index (χ1) is 22.1. The number of hydrogen-bond acceptors (Lipinski definition) is 2. The van der Waals surface area contributed by atoms with Crippen LogP contribution in [0.5, 0.6) is 0 Å². The Morgan fingerprint density at radius 3 is 1.98 bits per heavy atom. The van der Waals surface area contributed by atoms with Crippen LogP contribution in [0.3, 0.4) is 0 Å². The number of nitrogens with zero attached hydrogens (tertiary/aromatic N) is 2. The number of rotatable bonds is 3. The van der Waals surface area contributed by atoms with E-state index < -0.39 is 0 Å². The molecule has 1 aromatic heterocycles. The summed E-state index contributed by atoms with van der Waals surface area (Å²) in [4.78, 5) is 8.97. The Bertz CT molecular complexity index is 2450. The van der Waals surface area contributed by atoms with E-state index in [0.717, 1.165) is 11.3 Å². The zero-order chi connectivity index (χ0) is 30.1. The Kier molecular flexibility index (Phi) is 5.58. The van der Waals surface area contributed by atoms with Crippen molar-refractivity contribution in [2.24, 2.45) is 0 Å². The Morgan fingerprint density at radius 1 is 0.467 bits per heavy atom. The minimum Gasteiger partial charge on any atom is -0.245 e. The van der Waals surface area contributed by atoms with Crippen LogP contribution in [0, 0.1) is 0 Å². The zero-order valence-corrected chi connectivity index (χ0v) is 25.3. The molecule has 212 valence electrons. The molecule has 0 atom stereocenters. The molecule has 0 spiro atoms. The first-order valence-electron chi connectivity index (χ1n) is 15.6. The zero-order valence-electron chi connectivity index (χ0n) is 25.3. The summed E-state index contributed by atoms with van der Waals surface area (Å²) in [6.07, 6.45) is 3.48. The molecule has 0 aliphatic heterocycles. The second kappa shape index (κ2) is 9.70. The summed E-state index contributed by atoms with van der Waals surface area (Å²) < 4.78 is 0. The van der Waals surface area contributed by atoms with Gasteiger partial charge in [-0.25, -0.2) is 9.97 Å². The fraction of sp³-hybridized carbons (Fsp3) is 0.0698. The minimum absolute atomic E-state index is 0.0787. The molecule has 2 heteroatoms. The van der Waals surface area contributed by atoms with Crippen molar-refractivity contribution in [1.82, 2.24) is 9.97 Å². The van der Waals surface area contributed by atoms with Gasteiger partial charge in [0.2, 0.25) is 0 Å². The lowest BCUT2D eigenvalue weighted by Crippen LogP contribution is -2.14. The SMILES string of the molecule is CC1(C)c2ccccc2-c2ccc(-c3c4ccccc4c(-c4ccncn4)c4ccc(-c5ccc6ccccc6c5)cc34)cc21. The Morgan fingerprint density at radius 2 is 1.13 bits per heavy atom. The van der Waals surface area contributed by atoms with E-state index in [2.05, 4.69) is 146 Å². The molecular formula is C43H30N2. The third-order valence-electron chi connectivity index (χ3n) is 9.82. The molecule has 1 heterocycles. The summed E-state index contributed by atoms with van der Waals surface area (Å²) in [5.41, 5.74) is 12.4. The van der Waals surface area contributed by atoms with Crippen LogP contribution in [-0.2, 0) is 5.41 Å². The standard InChI is InChI=1S/C43H30N2/c1-43(2)38-14-8-7-11-32(38)33-19-18-31(25-39(33)43)41-34-12-5-6-13-35(34)42(40-21-22-44-26-45-40)36-20-17-30(24-37(36)41)29-16-15-27-9-3-4-10-28(27)23-29/h3-26H,1-2H3. The van der Waals surface area contributed by atoms with Crippen molar-refractivity contribution < 1.29 is 0 Å². The lowest BCUT2D eigenvalue weighted by atomic mass is 9.80. The van der Waals surface area contributed by atoms with Crippen molar-refractivity contribution in [3.63, 3.8) is 0 Å². The highest BCUT2D eigenvalue weighted by atomic mass is 14.8. The van der Waals surface area contributed by atoms with Gasteiger partial charge in [0.15, 0.2) is 0 Å². The average molecular weight is 575 g/mol. The lowest BCUT2D eigenvalue weighted by molar-refractivity contribution is 0.660. The molecule has 8 aromatic rings. The van der Waals surface area contributed by atoms with Gasteiger partial charge in [0.25, 0.3) is 0 Å². The van der Waals surface area contributed by atoms with Crippen LogP contribution >= 0.6 is 0 Å². The molecular weight excluding hydrogens is 544 g/mol. The van der Waals surface area contributed by atoms with Gasteiger partial charge in [-0.3, -0.25) is 0 Å². The van der Waals surface area contributed by atoms with Crippen molar-refractivity contribution in [3.8, 4) is 44.6 Å². The Balaban J connectivity index is 1.37. The first kappa shape index (κ1) is 25.9. The lowest BCUT2D eigenvalue weighted by Gasteiger charge is -2.23. The molecule has 0 saturated heterocycles. The van der Waals surface area contributed by atoms with E-state index in [0.29, 0.717) is 0 Å². The maximum absolute atomic E-state index is 4.74. The first-order valence-corrected chi connectivity index (χ1v) is 15.6. The predicted molar refractivity (Wildman–Crippen MR) is 188 cm³/mol. The van der Waals surface area contributed by atoms with Crippen LogP contribution in [0.25, 0.3) is 77.0 Å². The monoisotopic (exact) mass is 574 g/mol. The molecule has 0 saturated carbocycles. The third-order valence-corrected chi connectivity index (χ3v) is 9.82. The quantitative estimate of drug-likeness (QED) is 0.196. The summed E-state index contributed by atoms with van der Waals surface area (Å²) in [7, 11) is 0. The van der Waals surface area contributed by atoms with E-state index in [1.807, 2.05) is 12.3 Å². The molecule has 0 radical (unpaired) electrons. The molecule has 0 unspecified atom stereocenters. The Labute approximate surface area is 262 Å². The molecule has 0 fully saturated rings. The number of benzene rings is 7. The highest BCUT2D eigenvalue weighted by molar-refractivity contribution is 6.21. The predicted octanol–water partition coefficient (Wildman–Crippen LogP) is 11.2. The van der Waals surface area contributed by atoms with E-state index in [4.69, 9.17) is 4.98 Å². The molecule has 45 heavy (non-hydrogen) atoms. The highest BCUT2D eigenvalue weighted by Crippen LogP contribution is 2.51. The molecule has 7 aromatic carbocycles. The van der Waals surface area contributed by atoms with Gasteiger partial charge in [0.1, 0.15) is 6.33 Å². The number of aromatic nitrogens is 2. The van der Waals surface area contributed by atoms with Gasteiger partial charge >= 0.3 is 0 Å². The second-order valence-electron chi connectivity index (χ2n) is 12.6. The summed E-state index contributed by atoms with van der Waals surface area (Å²) in [6.45, 7) is 4.71. The number of hydrogen-bond donors (Lipinski definition) is 0. The van der Waals surface area contributed by atoms with Gasteiger partial charge in [0, 0.05) is 17.2 Å². The van der Waals surface area contributed by atoms with Crippen LogP contribution in [0.1, 0.15) is 25.0 Å². The summed E-state index contributed by atoms with van der Waals surface area (Å²) in [5.74, 6) is 0. The van der Waals surface area contributed by atoms with Crippen LogP contribution in [0.15, 0.2) is 146 Å². The fourth-order valence-electron chi connectivity index (χ4n) is 7.61.